The monoisotopic (exact) mass is 294 g/mol. The van der Waals surface area contributed by atoms with Crippen molar-refractivity contribution in [2.24, 2.45) is 0 Å². The number of aryl methyl sites for hydroxylation is 2. The molecule has 2 heterocycles. The van der Waals surface area contributed by atoms with Crippen LogP contribution >= 0.6 is 0 Å². The van der Waals surface area contributed by atoms with E-state index in [0.29, 0.717) is 6.54 Å². The highest BCUT2D eigenvalue weighted by molar-refractivity contribution is 7.92. The maximum atomic E-state index is 12.7. The van der Waals surface area contributed by atoms with E-state index in [1.807, 2.05) is 12.1 Å². The van der Waals surface area contributed by atoms with E-state index < -0.39 is 10.0 Å². The third-order valence-corrected chi connectivity index (χ3v) is 6.10. The van der Waals surface area contributed by atoms with Gasteiger partial charge in [-0.1, -0.05) is 17.7 Å². The predicted octanol–water partition coefficient (Wildman–Crippen LogP) is 1.83. The lowest BCUT2D eigenvalue weighted by Crippen LogP contribution is -2.42. The van der Waals surface area contributed by atoms with Crippen LogP contribution in [0, 0.1) is 6.92 Å². The number of hydrogen-bond donors (Lipinski definition) is 1. The number of rotatable bonds is 3. The molecule has 1 aromatic rings. The normalized spacial score (nSPS) is 22.9. The molecule has 5 heteroatoms. The Bertz CT molecular complexity index is 592. The van der Waals surface area contributed by atoms with Gasteiger partial charge in [0.25, 0.3) is 0 Å². The molecule has 0 aliphatic carbocycles. The number of nitrogens with one attached hydrogen (secondary N) is 1. The third-order valence-electron chi connectivity index (χ3n) is 4.22. The topological polar surface area (TPSA) is 49.4 Å². The SMILES string of the molecule is Cc1ccc2c(c1)CCCN2S(=O)(=O)CC1CCCN1. The molecule has 0 aromatic heterocycles. The van der Waals surface area contributed by atoms with Gasteiger partial charge in [0.15, 0.2) is 0 Å². The third kappa shape index (κ3) is 2.69. The van der Waals surface area contributed by atoms with E-state index in [1.165, 1.54) is 11.1 Å². The zero-order chi connectivity index (χ0) is 14.2. The molecule has 1 N–H and O–H groups in total. The Morgan fingerprint density at radius 3 is 2.95 bits per heavy atom. The minimum atomic E-state index is -3.22. The molecule has 0 saturated carbocycles. The highest BCUT2D eigenvalue weighted by atomic mass is 32.2. The second kappa shape index (κ2) is 5.37. The largest absolute Gasteiger partial charge is 0.313 e. The van der Waals surface area contributed by atoms with Crippen LogP contribution in [0.3, 0.4) is 0 Å². The first-order valence-corrected chi connectivity index (χ1v) is 9.00. The fourth-order valence-corrected chi connectivity index (χ4v) is 5.08. The van der Waals surface area contributed by atoms with E-state index in [-0.39, 0.29) is 11.8 Å². The Labute approximate surface area is 121 Å². The van der Waals surface area contributed by atoms with Crippen molar-refractivity contribution in [3.05, 3.63) is 29.3 Å². The van der Waals surface area contributed by atoms with Gasteiger partial charge in [-0.2, -0.15) is 0 Å². The van der Waals surface area contributed by atoms with Crippen LogP contribution in [0.1, 0.15) is 30.4 Å². The molecular weight excluding hydrogens is 272 g/mol. The summed E-state index contributed by atoms with van der Waals surface area (Å²) >= 11 is 0. The van der Waals surface area contributed by atoms with Gasteiger partial charge >= 0.3 is 0 Å². The summed E-state index contributed by atoms with van der Waals surface area (Å²) in [5, 5.41) is 3.28. The minimum Gasteiger partial charge on any atom is -0.313 e. The smallest absolute Gasteiger partial charge is 0.236 e. The summed E-state index contributed by atoms with van der Waals surface area (Å²) < 4.78 is 27.0. The Hall–Kier alpha value is -1.07. The molecule has 1 fully saturated rings. The van der Waals surface area contributed by atoms with Gasteiger partial charge in [0.1, 0.15) is 0 Å². The van der Waals surface area contributed by atoms with Crippen molar-refractivity contribution in [3.63, 3.8) is 0 Å². The molecule has 0 radical (unpaired) electrons. The molecule has 0 amide bonds. The number of nitrogens with zero attached hydrogens (tertiary/aromatic N) is 1. The molecule has 0 bridgehead atoms. The first kappa shape index (κ1) is 13.9. The number of hydrogen-bond acceptors (Lipinski definition) is 3. The van der Waals surface area contributed by atoms with Gasteiger partial charge in [0, 0.05) is 12.6 Å². The van der Waals surface area contributed by atoms with Crippen molar-refractivity contribution in [3.8, 4) is 0 Å². The van der Waals surface area contributed by atoms with Crippen molar-refractivity contribution in [2.75, 3.05) is 23.1 Å². The fourth-order valence-electron chi connectivity index (χ4n) is 3.22. The molecule has 20 heavy (non-hydrogen) atoms. The summed E-state index contributed by atoms with van der Waals surface area (Å²) in [4.78, 5) is 0. The van der Waals surface area contributed by atoms with Crippen molar-refractivity contribution >= 4 is 15.7 Å². The first-order chi connectivity index (χ1) is 9.56. The van der Waals surface area contributed by atoms with E-state index in [1.54, 1.807) is 4.31 Å². The van der Waals surface area contributed by atoms with Crippen LogP contribution in [0.15, 0.2) is 18.2 Å². The summed E-state index contributed by atoms with van der Waals surface area (Å²) in [6, 6.07) is 6.20. The lowest BCUT2D eigenvalue weighted by atomic mass is 10.0. The van der Waals surface area contributed by atoms with Crippen molar-refractivity contribution in [1.82, 2.24) is 5.32 Å². The predicted molar refractivity (Wildman–Crippen MR) is 81.7 cm³/mol. The average Bonchev–Trinajstić information content (AvgIpc) is 2.89. The summed E-state index contributed by atoms with van der Waals surface area (Å²) in [6.45, 7) is 3.61. The van der Waals surface area contributed by atoms with Crippen LogP contribution in [0.2, 0.25) is 0 Å². The molecule has 4 nitrogen and oxygen atoms in total. The fraction of sp³-hybridized carbons (Fsp3) is 0.600. The second-order valence-electron chi connectivity index (χ2n) is 5.88. The number of fused-ring (bicyclic) bond motifs is 1. The van der Waals surface area contributed by atoms with Gasteiger partial charge in [0.2, 0.25) is 10.0 Å². The summed E-state index contributed by atoms with van der Waals surface area (Å²) in [5.74, 6) is 0.223. The minimum absolute atomic E-state index is 0.121. The molecule has 0 spiro atoms. The van der Waals surface area contributed by atoms with Crippen LogP contribution in [0.4, 0.5) is 5.69 Å². The van der Waals surface area contributed by atoms with E-state index in [0.717, 1.165) is 37.9 Å². The second-order valence-corrected chi connectivity index (χ2v) is 7.82. The molecular formula is C15H22N2O2S. The summed E-state index contributed by atoms with van der Waals surface area (Å²) in [6.07, 6.45) is 3.93. The maximum absolute atomic E-state index is 12.7. The molecule has 2 aliphatic heterocycles. The van der Waals surface area contributed by atoms with Crippen LogP contribution < -0.4 is 9.62 Å². The molecule has 1 saturated heterocycles. The van der Waals surface area contributed by atoms with E-state index in [9.17, 15) is 8.42 Å². The number of sulfonamides is 1. The first-order valence-electron chi connectivity index (χ1n) is 7.39. The molecule has 1 atom stereocenters. The van der Waals surface area contributed by atoms with E-state index in [4.69, 9.17) is 0 Å². The lowest BCUT2D eigenvalue weighted by molar-refractivity contribution is 0.568. The molecule has 3 rings (SSSR count). The van der Waals surface area contributed by atoms with Gasteiger partial charge in [0.05, 0.1) is 11.4 Å². The Morgan fingerprint density at radius 2 is 2.20 bits per heavy atom. The Balaban J connectivity index is 1.87. The lowest BCUT2D eigenvalue weighted by Gasteiger charge is -2.31. The quantitative estimate of drug-likeness (QED) is 0.925. The van der Waals surface area contributed by atoms with Gasteiger partial charge in [-0.15, -0.1) is 0 Å². The van der Waals surface area contributed by atoms with Crippen molar-refractivity contribution < 1.29 is 8.42 Å². The zero-order valence-electron chi connectivity index (χ0n) is 11.9. The van der Waals surface area contributed by atoms with Crippen LogP contribution in [0.5, 0.6) is 0 Å². The van der Waals surface area contributed by atoms with Crippen molar-refractivity contribution in [1.29, 1.82) is 0 Å². The van der Waals surface area contributed by atoms with Crippen LogP contribution in [0.25, 0.3) is 0 Å². The highest BCUT2D eigenvalue weighted by Gasteiger charge is 2.30. The number of benzene rings is 1. The Kier molecular flexibility index (Phi) is 3.73. The van der Waals surface area contributed by atoms with Gasteiger partial charge in [-0.05, 0) is 50.8 Å². The van der Waals surface area contributed by atoms with Gasteiger partial charge < -0.3 is 5.32 Å². The highest BCUT2D eigenvalue weighted by Crippen LogP contribution is 2.30. The van der Waals surface area contributed by atoms with Crippen LogP contribution in [-0.2, 0) is 16.4 Å². The molecule has 1 unspecified atom stereocenters. The molecule has 2 aliphatic rings. The maximum Gasteiger partial charge on any atom is 0.236 e. The summed E-state index contributed by atoms with van der Waals surface area (Å²) in [7, 11) is -3.22. The van der Waals surface area contributed by atoms with E-state index in [2.05, 4.69) is 18.3 Å². The Morgan fingerprint density at radius 1 is 1.35 bits per heavy atom. The molecule has 110 valence electrons. The summed E-state index contributed by atoms with van der Waals surface area (Å²) in [5.41, 5.74) is 3.25. The number of anilines is 1. The average molecular weight is 294 g/mol. The standard InChI is InChI=1S/C15H22N2O2S/c1-12-6-7-15-13(10-12)4-3-9-17(15)20(18,19)11-14-5-2-8-16-14/h6-7,10,14,16H,2-5,8-9,11H2,1H3. The van der Waals surface area contributed by atoms with Crippen molar-refractivity contribution in [2.45, 2.75) is 38.6 Å². The molecule has 1 aromatic carbocycles. The van der Waals surface area contributed by atoms with Gasteiger partial charge in [-0.25, -0.2) is 8.42 Å². The van der Waals surface area contributed by atoms with E-state index >= 15 is 0 Å². The van der Waals surface area contributed by atoms with Crippen LogP contribution in [-0.4, -0.2) is 33.3 Å². The van der Waals surface area contributed by atoms with Gasteiger partial charge in [-0.3, -0.25) is 4.31 Å². The zero-order valence-corrected chi connectivity index (χ0v) is 12.7.